The van der Waals surface area contributed by atoms with Gasteiger partial charge in [0.2, 0.25) is 0 Å². The highest BCUT2D eigenvalue weighted by Gasteiger charge is 2.10. The van der Waals surface area contributed by atoms with Gasteiger partial charge in [0.25, 0.3) is 0 Å². The van der Waals surface area contributed by atoms with Crippen molar-refractivity contribution in [3.8, 4) is 0 Å². The minimum atomic E-state index is 0.344. The molecule has 0 aliphatic carbocycles. The molecule has 0 amide bonds. The lowest BCUT2D eigenvalue weighted by atomic mass is 9.94. The maximum atomic E-state index is 11.4. The number of Topliss-reactive ketones (excluding diaryl/α,β-unsaturated/α-hetero) is 1. The zero-order valence-electron chi connectivity index (χ0n) is 13.8. The van der Waals surface area contributed by atoms with Crippen molar-refractivity contribution in [3.63, 3.8) is 0 Å². The van der Waals surface area contributed by atoms with E-state index in [-0.39, 0.29) is 0 Å². The number of nitrogens with zero attached hydrogens (tertiary/aromatic N) is 1. The van der Waals surface area contributed by atoms with Crippen LogP contribution in [0.4, 0.5) is 0 Å². The summed E-state index contributed by atoms with van der Waals surface area (Å²) in [5, 5.41) is 0. The molecule has 1 aromatic carbocycles. The van der Waals surface area contributed by atoms with Gasteiger partial charge in [0, 0.05) is 38.2 Å². The summed E-state index contributed by atoms with van der Waals surface area (Å²) in [4.78, 5) is 13.5. The van der Waals surface area contributed by atoms with Gasteiger partial charge < -0.3 is 4.90 Å². The van der Waals surface area contributed by atoms with Gasteiger partial charge in [-0.3, -0.25) is 4.79 Å². The molecule has 0 unspecified atom stereocenters. The predicted octanol–water partition coefficient (Wildman–Crippen LogP) is 4.55. The number of rotatable bonds is 8. The molecule has 0 fully saturated rings. The molecule has 1 rings (SSSR count). The van der Waals surface area contributed by atoms with Crippen molar-refractivity contribution in [2.45, 2.75) is 39.5 Å². The van der Waals surface area contributed by atoms with Crippen LogP contribution in [0.5, 0.6) is 0 Å². The van der Waals surface area contributed by atoms with Crippen molar-refractivity contribution in [1.82, 2.24) is 4.90 Å². The second kappa shape index (κ2) is 8.46. The fourth-order valence-electron chi connectivity index (χ4n) is 2.34. The van der Waals surface area contributed by atoms with Crippen molar-refractivity contribution in [2.24, 2.45) is 0 Å². The standard InChI is InChI=1S/C19H27NO/c1-6-10-19-16(11-8-13-17(21)7-2)12-9-14-18(19)15(3)20(4)5/h6,9-10,12,14H,3,7-8,11,13H2,1-2,4-5H3/b10-6-. The molecule has 0 aliphatic heterocycles. The highest BCUT2D eigenvalue weighted by atomic mass is 16.1. The van der Waals surface area contributed by atoms with E-state index in [1.165, 1.54) is 11.1 Å². The third kappa shape index (κ3) is 4.89. The van der Waals surface area contributed by atoms with Gasteiger partial charge in [-0.1, -0.05) is 43.9 Å². The van der Waals surface area contributed by atoms with E-state index in [9.17, 15) is 4.79 Å². The van der Waals surface area contributed by atoms with Crippen molar-refractivity contribution in [3.05, 3.63) is 47.5 Å². The van der Waals surface area contributed by atoms with Crippen molar-refractivity contribution in [1.29, 1.82) is 0 Å². The number of carbonyl (C=O) groups excluding carboxylic acids is 1. The molecule has 2 heteroatoms. The van der Waals surface area contributed by atoms with E-state index < -0.39 is 0 Å². The molecule has 21 heavy (non-hydrogen) atoms. The van der Waals surface area contributed by atoms with Gasteiger partial charge in [0.15, 0.2) is 0 Å². The number of aryl methyl sites for hydroxylation is 1. The van der Waals surface area contributed by atoms with E-state index in [2.05, 4.69) is 36.9 Å². The van der Waals surface area contributed by atoms with Crippen LogP contribution in [0.3, 0.4) is 0 Å². The molecule has 0 radical (unpaired) electrons. The summed E-state index contributed by atoms with van der Waals surface area (Å²) in [6.07, 6.45) is 7.35. The Kier molecular flexibility index (Phi) is 6.93. The topological polar surface area (TPSA) is 20.3 Å². The first-order valence-electron chi connectivity index (χ1n) is 7.64. The summed E-state index contributed by atoms with van der Waals surface area (Å²) in [5.41, 5.74) is 4.69. The molecule has 0 saturated carbocycles. The van der Waals surface area contributed by atoms with Crippen LogP contribution in [0.15, 0.2) is 30.9 Å². The zero-order chi connectivity index (χ0) is 15.8. The molecular weight excluding hydrogens is 258 g/mol. The van der Waals surface area contributed by atoms with Crippen LogP contribution < -0.4 is 0 Å². The Morgan fingerprint density at radius 2 is 2.05 bits per heavy atom. The number of hydrogen-bond donors (Lipinski definition) is 0. The SMILES string of the molecule is C=C(c1cccc(CCCC(=O)CC)c1/C=C\C)N(C)C. The van der Waals surface area contributed by atoms with Crippen molar-refractivity contribution < 1.29 is 4.79 Å². The Balaban J connectivity index is 3.01. The lowest BCUT2D eigenvalue weighted by Crippen LogP contribution is -2.10. The smallest absolute Gasteiger partial charge is 0.132 e. The van der Waals surface area contributed by atoms with Gasteiger partial charge in [-0.2, -0.15) is 0 Å². The minimum absolute atomic E-state index is 0.344. The average molecular weight is 285 g/mol. The molecule has 1 aromatic rings. The monoisotopic (exact) mass is 285 g/mol. The predicted molar refractivity (Wildman–Crippen MR) is 92.1 cm³/mol. The summed E-state index contributed by atoms with van der Waals surface area (Å²) in [6, 6.07) is 6.34. The normalized spacial score (nSPS) is 10.9. The highest BCUT2D eigenvalue weighted by Crippen LogP contribution is 2.25. The second-order valence-corrected chi connectivity index (χ2v) is 5.47. The number of allylic oxidation sites excluding steroid dienone is 1. The van der Waals surface area contributed by atoms with Crippen molar-refractivity contribution >= 4 is 17.6 Å². The van der Waals surface area contributed by atoms with Crippen LogP contribution in [0.25, 0.3) is 11.8 Å². The Morgan fingerprint density at radius 1 is 1.33 bits per heavy atom. The maximum Gasteiger partial charge on any atom is 0.132 e. The molecule has 0 bridgehead atoms. The van der Waals surface area contributed by atoms with Gasteiger partial charge in [0.1, 0.15) is 5.78 Å². The molecule has 2 nitrogen and oxygen atoms in total. The Labute approximate surface area is 129 Å². The van der Waals surface area contributed by atoms with E-state index in [1.54, 1.807) is 0 Å². The fraction of sp³-hybridized carbons (Fsp3) is 0.421. The molecule has 0 saturated heterocycles. The van der Waals surface area contributed by atoms with E-state index in [0.29, 0.717) is 18.6 Å². The second-order valence-electron chi connectivity index (χ2n) is 5.47. The first kappa shape index (κ1) is 17.2. The summed E-state index contributed by atoms with van der Waals surface area (Å²) in [6.45, 7) is 8.12. The molecule has 0 heterocycles. The first-order chi connectivity index (χ1) is 10.0. The zero-order valence-corrected chi connectivity index (χ0v) is 13.8. The molecule has 0 aromatic heterocycles. The number of hydrogen-bond acceptors (Lipinski definition) is 2. The fourth-order valence-corrected chi connectivity index (χ4v) is 2.34. The van der Waals surface area contributed by atoms with Gasteiger partial charge >= 0.3 is 0 Å². The maximum absolute atomic E-state index is 11.4. The molecule has 0 spiro atoms. The third-order valence-corrected chi connectivity index (χ3v) is 3.68. The molecule has 0 N–H and O–H groups in total. The molecule has 114 valence electrons. The van der Waals surface area contributed by atoms with E-state index in [4.69, 9.17) is 0 Å². The number of ketones is 1. The van der Waals surface area contributed by atoms with Crippen LogP contribution in [-0.4, -0.2) is 24.8 Å². The molecule has 0 atom stereocenters. The minimum Gasteiger partial charge on any atom is -0.378 e. The van der Waals surface area contributed by atoms with E-state index in [1.807, 2.05) is 32.8 Å². The van der Waals surface area contributed by atoms with E-state index >= 15 is 0 Å². The van der Waals surface area contributed by atoms with Crippen LogP contribution in [0.2, 0.25) is 0 Å². The van der Waals surface area contributed by atoms with Crippen LogP contribution in [-0.2, 0) is 11.2 Å². The Hall–Kier alpha value is -1.83. The molecule has 0 aliphatic rings. The third-order valence-electron chi connectivity index (χ3n) is 3.68. The Morgan fingerprint density at radius 3 is 2.62 bits per heavy atom. The number of carbonyl (C=O) groups is 1. The highest BCUT2D eigenvalue weighted by molar-refractivity contribution is 5.78. The van der Waals surface area contributed by atoms with Gasteiger partial charge in [-0.15, -0.1) is 0 Å². The summed E-state index contributed by atoms with van der Waals surface area (Å²) in [5.74, 6) is 0.344. The summed E-state index contributed by atoms with van der Waals surface area (Å²) < 4.78 is 0. The molecular formula is C19H27NO. The average Bonchev–Trinajstić information content (AvgIpc) is 2.47. The van der Waals surface area contributed by atoms with Gasteiger partial charge in [-0.25, -0.2) is 0 Å². The van der Waals surface area contributed by atoms with Gasteiger partial charge in [0.05, 0.1) is 0 Å². The Bertz CT molecular complexity index is 526. The van der Waals surface area contributed by atoms with Crippen LogP contribution >= 0.6 is 0 Å². The lowest BCUT2D eigenvalue weighted by Gasteiger charge is -2.20. The quantitative estimate of drug-likeness (QED) is 0.698. The van der Waals surface area contributed by atoms with E-state index in [0.717, 1.165) is 24.1 Å². The van der Waals surface area contributed by atoms with Crippen LogP contribution in [0, 0.1) is 0 Å². The largest absolute Gasteiger partial charge is 0.378 e. The first-order valence-corrected chi connectivity index (χ1v) is 7.64. The van der Waals surface area contributed by atoms with Crippen molar-refractivity contribution in [2.75, 3.05) is 14.1 Å². The summed E-state index contributed by atoms with van der Waals surface area (Å²) >= 11 is 0. The van der Waals surface area contributed by atoms with Crippen LogP contribution in [0.1, 0.15) is 49.8 Å². The van der Waals surface area contributed by atoms with Gasteiger partial charge in [-0.05, 0) is 30.9 Å². The lowest BCUT2D eigenvalue weighted by molar-refractivity contribution is -0.118. The summed E-state index contributed by atoms with van der Waals surface area (Å²) in [7, 11) is 4.02. The number of benzene rings is 1.